The summed E-state index contributed by atoms with van der Waals surface area (Å²) in [4.78, 5) is 29.0. The Labute approximate surface area is 149 Å². The molecule has 0 fully saturated rings. The van der Waals surface area contributed by atoms with E-state index >= 15 is 0 Å². The highest BCUT2D eigenvalue weighted by Crippen LogP contribution is 2.35. The monoisotopic (exact) mass is 372 g/mol. The number of carbonyl (C=O) groups excluding carboxylic acids is 1. The van der Waals surface area contributed by atoms with Gasteiger partial charge >= 0.3 is 7.82 Å². The van der Waals surface area contributed by atoms with E-state index in [1.54, 1.807) is 12.1 Å². The van der Waals surface area contributed by atoms with Crippen molar-refractivity contribution in [2.24, 2.45) is 5.73 Å². The lowest BCUT2D eigenvalue weighted by molar-refractivity contribution is -0.118. The van der Waals surface area contributed by atoms with Crippen LogP contribution in [0.25, 0.3) is 0 Å². The number of rotatable bonds is 12. The molecule has 0 heterocycles. The summed E-state index contributed by atoms with van der Waals surface area (Å²) >= 11 is 0. The molecule has 0 aromatic heterocycles. The first kappa shape index (κ1) is 21.8. The zero-order chi connectivity index (χ0) is 18.7. The smallest absolute Gasteiger partial charge is 0.325 e. The van der Waals surface area contributed by atoms with Gasteiger partial charge in [-0.25, -0.2) is 4.57 Å². The Kier molecular flexibility index (Phi) is 9.93. The number of phosphoric ester groups is 1. The van der Waals surface area contributed by atoms with Crippen LogP contribution in [-0.4, -0.2) is 28.3 Å². The maximum absolute atomic E-state index is 11.8. The van der Waals surface area contributed by atoms with Gasteiger partial charge in [0.05, 0.1) is 6.61 Å². The number of aryl methyl sites for hydroxylation is 1. The van der Waals surface area contributed by atoms with E-state index in [1.807, 2.05) is 12.1 Å². The number of unbranched alkanes of at least 4 members (excludes halogenated alkanes) is 5. The summed E-state index contributed by atoms with van der Waals surface area (Å²) in [7, 11) is -4.63. The van der Waals surface area contributed by atoms with Crippen molar-refractivity contribution in [2.75, 3.05) is 11.9 Å². The first-order chi connectivity index (χ1) is 11.8. The SMILES string of the molecule is CCCCCCCCc1ccc(NC(=O)[C@@H](N)COP(=O)(O)O)cc1. The Hall–Kier alpha value is -1.24. The van der Waals surface area contributed by atoms with Gasteiger partial charge in [0.15, 0.2) is 0 Å². The number of nitrogens with two attached hydrogens (primary N) is 1. The fourth-order valence-corrected chi connectivity index (χ4v) is 2.71. The molecule has 0 aliphatic carbocycles. The van der Waals surface area contributed by atoms with Crippen molar-refractivity contribution in [1.29, 1.82) is 0 Å². The van der Waals surface area contributed by atoms with Gasteiger partial charge in [-0.2, -0.15) is 0 Å². The topological polar surface area (TPSA) is 122 Å². The molecular weight excluding hydrogens is 343 g/mol. The van der Waals surface area contributed by atoms with Gasteiger partial charge in [0.2, 0.25) is 5.91 Å². The molecule has 8 heteroatoms. The number of benzene rings is 1. The first-order valence-electron chi connectivity index (χ1n) is 8.67. The number of nitrogens with one attached hydrogen (secondary N) is 1. The predicted octanol–water partition coefficient (Wildman–Crippen LogP) is 2.96. The van der Waals surface area contributed by atoms with Crippen LogP contribution >= 0.6 is 7.82 Å². The minimum Gasteiger partial charge on any atom is -0.325 e. The summed E-state index contributed by atoms with van der Waals surface area (Å²) in [6.07, 6.45) is 8.52. The molecule has 0 unspecified atom stereocenters. The normalized spacial score (nSPS) is 12.8. The van der Waals surface area contributed by atoms with Gasteiger partial charge in [-0.15, -0.1) is 0 Å². The minimum absolute atomic E-state index is 0.549. The van der Waals surface area contributed by atoms with Crippen LogP contribution in [0.5, 0.6) is 0 Å². The summed E-state index contributed by atoms with van der Waals surface area (Å²) in [6, 6.07) is 6.34. The molecule has 25 heavy (non-hydrogen) atoms. The summed E-state index contributed by atoms with van der Waals surface area (Å²) in [6.45, 7) is 1.66. The molecule has 1 rings (SSSR count). The summed E-state index contributed by atoms with van der Waals surface area (Å²) in [5.41, 5.74) is 7.33. The number of carbonyl (C=O) groups is 1. The number of phosphoric acid groups is 1. The van der Waals surface area contributed by atoms with Crippen molar-refractivity contribution >= 4 is 19.4 Å². The minimum atomic E-state index is -4.63. The van der Waals surface area contributed by atoms with Gasteiger partial charge in [0, 0.05) is 5.69 Å². The second-order valence-electron chi connectivity index (χ2n) is 6.10. The second kappa shape index (κ2) is 11.4. The van der Waals surface area contributed by atoms with E-state index in [0.29, 0.717) is 5.69 Å². The molecule has 1 amide bonds. The van der Waals surface area contributed by atoms with E-state index in [1.165, 1.54) is 37.7 Å². The lowest BCUT2D eigenvalue weighted by Crippen LogP contribution is -2.39. The van der Waals surface area contributed by atoms with Crippen LogP contribution in [0, 0.1) is 0 Å². The molecule has 0 bridgehead atoms. The average Bonchev–Trinajstić information content (AvgIpc) is 2.56. The molecular formula is C17H29N2O5P. The van der Waals surface area contributed by atoms with E-state index in [9.17, 15) is 9.36 Å². The van der Waals surface area contributed by atoms with Crippen LogP contribution < -0.4 is 11.1 Å². The van der Waals surface area contributed by atoms with Crippen molar-refractivity contribution in [1.82, 2.24) is 0 Å². The zero-order valence-electron chi connectivity index (χ0n) is 14.7. The van der Waals surface area contributed by atoms with Gasteiger partial charge in [-0.05, 0) is 30.5 Å². The van der Waals surface area contributed by atoms with E-state index in [0.717, 1.165) is 12.8 Å². The van der Waals surface area contributed by atoms with Crippen molar-refractivity contribution in [3.63, 3.8) is 0 Å². The third-order valence-electron chi connectivity index (χ3n) is 3.80. The number of hydrogen-bond acceptors (Lipinski definition) is 4. The standard InChI is InChI=1S/C17H29N2O5P/c1-2-3-4-5-6-7-8-14-9-11-15(12-10-14)19-17(20)16(18)13-24-25(21,22)23/h9-12,16H,2-8,13,18H2,1H3,(H,19,20)(H2,21,22,23)/t16-/m0/s1. The third kappa shape index (κ3) is 10.4. The lowest BCUT2D eigenvalue weighted by Gasteiger charge is -2.13. The molecule has 0 radical (unpaired) electrons. The molecule has 1 atom stereocenters. The van der Waals surface area contributed by atoms with Gasteiger partial charge in [-0.3, -0.25) is 9.32 Å². The van der Waals surface area contributed by atoms with E-state index in [-0.39, 0.29) is 0 Å². The molecule has 0 saturated carbocycles. The van der Waals surface area contributed by atoms with E-state index < -0.39 is 26.4 Å². The van der Waals surface area contributed by atoms with Crippen LogP contribution in [0.3, 0.4) is 0 Å². The quantitative estimate of drug-likeness (QED) is 0.330. The number of hydrogen-bond donors (Lipinski definition) is 4. The fraction of sp³-hybridized carbons (Fsp3) is 0.588. The maximum Gasteiger partial charge on any atom is 0.469 e. The van der Waals surface area contributed by atoms with Gasteiger partial charge in [0.25, 0.3) is 0 Å². The lowest BCUT2D eigenvalue weighted by atomic mass is 10.0. The van der Waals surface area contributed by atoms with Gasteiger partial charge < -0.3 is 20.8 Å². The van der Waals surface area contributed by atoms with Crippen molar-refractivity contribution in [2.45, 2.75) is 57.9 Å². The van der Waals surface area contributed by atoms with Gasteiger partial charge in [-0.1, -0.05) is 51.2 Å². The summed E-state index contributed by atoms with van der Waals surface area (Å²) in [5, 5.41) is 2.60. The largest absolute Gasteiger partial charge is 0.469 e. The van der Waals surface area contributed by atoms with Crippen LogP contribution in [0.1, 0.15) is 51.0 Å². The average molecular weight is 372 g/mol. The van der Waals surface area contributed by atoms with Crippen LogP contribution in [-0.2, 0) is 20.3 Å². The highest BCUT2D eigenvalue weighted by molar-refractivity contribution is 7.46. The molecule has 0 spiro atoms. The second-order valence-corrected chi connectivity index (χ2v) is 7.34. The van der Waals surface area contributed by atoms with Crippen molar-refractivity contribution in [3.8, 4) is 0 Å². The molecule has 5 N–H and O–H groups in total. The van der Waals surface area contributed by atoms with Crippen LogP contribution in [0.2, 0.25) is 0 Å². The molecule has 0 aliphatic rings. The highest BCUT2D eigenvalue weighted by atomic mass is 31.2. The summed E-state index contributed by atoms with van der Waals surface area (Å²) in [5.74, 6) is -0.558. The Morgan fingerprint density at radius 1 is 1.16 bits per heavy atom. The molecule has 1 aromatic carbocycles. The van der Waals surface area contributed by atoms with Crippen LogP contribution in [0.4, 0.5) is 5.69 Å². The molecule has 0 aliphatic heterocycles. The number of amides is 1. The molecule has 142 valence electrons. The predicted molar refractivity (Wildman–Crippen MR) is 98.1 cm³/mol. The van der Waals surface area contributed by atoms with E-state index in [4.69, 9.17) is 15.5 Å². The van der Waals surface area contributed by atoms with E-state index in [2.05, 4.69) is 16.8 Å². The Balaban J connectivity index is 2.33. The first-order valence-corrected chi connectivity index (χ1v) is 10.2. The van der Waals surface area contributed by atoms with Gasteiger partial charge in [0.1, 0.15) is 6.04 Å². The Morgan fingerprint density at radius 2 is 1.76 bits per heavy atom. The molecule has 7 nitrogen and oxygen atoms in total. The number of anilines is 1. The van der Waals surface area contributed by atoms with Crippen LogP contribution in [0.15, 0.2) is 24.3 Å². The summed E-state index contributed by atoms with van der Waals surface area (Å²) < 4.78 is 14.8. The third-order valence-corrected chi connectivity index (χ3v) is 4.28. The molecule has 1 aromatic rings. The molecule has 0 saturated heterocycles. The Bertz CT molecular complexity index is 559. The zero-order valence-corrected chi connectivity index (χ0v) is 15.6. The fourth-order valence-electron chi connectivity index (χ4n) is 2.35. The van der Waals surface area contributed by atoms with Crippen molar-refractivity contribution in [3.05, 3.63) is 29.8 Å². The van der Waals surface area contributed by atoms with Crippen molar-refractivity contribution < 1.29 is 23.7 Å². The highest BCUT2D eigenvalue weighted by Gasteiger charge is 2.20. The Morgan fingerprint density at radius 3 is 2.36 bits per heavy atom. The maximum atomic E-state index is 11.8.